The number of amides is 2. The van der Waals surface area contributed by atoms with Crippen molar-refractivity contribution >= 4 is 11.8 Å². The summed E-state index contributed by atoms with van der Waals surface area (Å²) in [6.07, 6.45) is 0.477. The molecule has 2 aromatic rings. The summed E-state index contributed by atoms with van der Waals surface area (Å²) in [5.74, 6) is 1.39. The van der Waals surface area contributed by atoms with Crippen LogP contribution in [0.1, 0.15) is 35.2 Å². The Morgan fingerprint density at radius 2 is 1.45 bits per heavy atom. The molecule has 0 aliphatic carbocycles. The molecular formula is C23H28N2O4. The molecule has 6 nitrogen and oxygen atoms in total. The first-order valence-electron chi connectivity index (χ1n) is 9.87. The van der Waals surface area contributed by atoms with Gasteiger partial charge in [0.1, 0.15) is 11.5 Å². The summed E-state index contributed by atoms with van der Waals surface area (Å²) >= 11 is 0. The molecule has 0 spiro atoms. The molecule has 1 heterocycles. The van der Waals surface area contributed by atoms with Crippen molar-refractivity contribution in [2.24, 2.45) is 0 Å². The van der Waals surface area contributed by atoms with Crippen LogP contribution in [0.25, 0.3) is 0 Å². The molecule has 0 saturated carbocycles. The highest BCUT2D eigenvalue weighted by Gasteiger charge is 2.26. The Hall–Kier alpha value is -3.02. The number of piperazine rings is 1. The molecule has 1 saturated heterocycles. The molecule has 0 aromatic heterocycles. The molecule has 154 valence electrons. The number of rotatable bonds is 6. The van der Waals surface area contributed by atoms with Crippen LogP contribution in [-0.2, 0) is 4.79 Å². The summed E-state index contributed by atoms with van der Waals surface area (Å²) in [5, 5.41) is 0. The third kappa shape index (κ3) is 5.08. The van der Waals surface area contributed by atoms with E-state index in [1.54, 1.807) is 37.3 Å². The minimum atomic E-state index is -0.0769. The van der Waals surface area contributed by atoms with Gasteiger partial charge in [-0.3, -0.25) is 9.59 Å². The zero-order valence-electron chi connectivity index (χ0n) is 17.3. The third-order valence-corrected chi connectivity index (χ3v) is 5.37. The predicted molar refractivity (Wildman–Crippen MR) is 112 cm³/mol. The smallest absolute Gasteiger partial charge is 0.254 e. The van der Waals surface area contributed by atoms with Crippen LogP contribution in [0.2, 0.25) is 0 Å². The van der Waals surface area contributed by atoms with Gasteiger partial charge in [0.05, 0.1) is 14.2 Å². The van der Waals surface area contributed by atoms with E-state index in [1.165, 1.54) is 5.56 Å². The van der Waals surface area contributed by atoms with Gasteiger partial charge in [0.2, 0.25) is 5.91 Å². The van der Waals surface area contributed by atoms with E-state index in [-0.39, 0.29) is 17.7 Å². The lowest BCUT2D eigenvalue weighted by Crippen LogP contribution is -2.50. The number of carbonyl (C=O) groups excluding carboxylic acids is 2. The number of nitrogens with zero attached hydrogens (tertiary/aromatic N) is 2. The number of benzene rings is 2. The highest BCUT2D eigenvalue weighted by atomic mass is 16.5. The predicted octanol–water partition coefficient (Wildman–Crippen LogP) is 3.18. The molecule has 29 heavy (non-hydrogen) atoms. The van der Waals surface area contributed by atoms with E-state index >= 15 is 0 Å². The van der Waals surface area contributed by atoms with Crippen LogP contribution in [0.3, 0.4) is 0 Å². The first kappa shape index (κ1) is 20.7. The largest absolute Gasteiger partial charge is 0.497 e. The van der Waals surface area contributed by atoms with Gasteiger partial charge >= 0.3 is 0 Å². The zero-order valence-corrected chi connectivity index (χ0v) is 17.3. The SMILES string of the molecule is COc1cc(OC)cc(C(=O)N2CCN(C(=O)CC(C)c3ccccc3)CC2)c1. The highest BCUT2D eigenvalue weighted by molar-refractivity contribution is 5.95. The Kier molecular flexibility index (Phi) is 6.75. The second-order valence-electron chi connectivity index (χ2n) is 7.29. The topological polar surface area (TPSA) is 59.1 Å². The lowest BCUT2D eigenvalue weighted by Gasteiger charge is -2.35. The van der Waals surface area contributed by atoms with E-state index in [2.05, 4.69) is 19.1 Å². The molecule has 0 bridgehead atoms. The monoisotopic (exact) mass is 396 g/mol. The van der Waals surface area contributed by atoms with E-state index < -0.39 is 0 Å². The van der Waals surface area contributed by atoms with Gasteiger partial charge < -0.3 is 19.3 Å². The molecule has 3 rings (SSSR count). The van der Waals surface area contributed by atoms with Crippen LogP contribution in [0, 0.1) is 0 Å². The molecule has 1 atom stereocenters. The number of carbonyl (C=O) groups is 2. The molecule has 1 aliphatic heterocycles. The van der Waals surface area contributed by atoms with Gasteiger partial charge in [0.15, 0.2) is 0 Å². The Balaban J connectivity index is 1.57. The van der Waals surface area contributed by atoms with Crippen LogP contribution in [-0.4, -0.2) is 62.0 Å². The second kappa shape index (κ2) is 9.45. The molecule has 1 fully saturated rings. The standard InChI is InChI=1S/C23H28N2O4/c1-17(18-7-5-4-6-8-18)13-22(26)24-9-11-25(12-10-24)23(27)19-14-20(28-2)16-21(15-19)29-3/h4-8,14-17H,9-13H2,1-3H3. The molecule has 2 amide bonds. The van der Waals surface area contributed by atoms with Crippen LogP contribution < -0.4 is 9.47 Å². The summed E-state index contributed by atoms with van der Waals surface area (Å²) in [7, 11) is 3.12. The number of hydrogen-bond donors (Lipinski definition) is 0. The fourth-order valence-electron chi connectivity index (χ4n) is 3.56. The van der Waals surface area contributed by atoms with Gasteiger partial charge in [-0.15, -0.1) is 0 Å². The number of ether oxygens (including phenoxy) is 2. The average Bonchev–Trinajstić information content (AvgIpc) is 2.78. The van der Waals surface area contributed by atoms with Crippen LogP contribution >= 0.6 is 0 Å². The minimum absolute atomic E-state index is 0.0769. The summed E-state index contributed by atoms with van der Waals surface area (Å²) in [6, 6.07) is 15.2. The van der Waals surface area contributed by atoms with Gasteiger partial charge in [-0.1, -0.05) is 37.3 Å². The normalized spacial score (nSPS) is 15.0. The second-order valence-corrected chi connectivity index (χ2v) is 7.29. The quantitative estimate of drug-likeness (QED) is 0.753. The fourth-order valence-corrected chi connectivity index (χ4v) is 3.56. The van der Waals surface area contributed by atoms with Crippen molar-refractivity contribution in [1.29, 1.82) is 0 Å². The van der Waals surface area contributed by atoms with Crippen molar-refractivity contribution in [1.82, 2.24) is 9.80 Å². The maximum Gasteiger partial charge on any atom is 0.254 e. The van der Waals surface area contributed by atoms with E-state index in [0.29, 0.717) is 49.7 Å². The summed E-state index contributed by atoms with van der Waals surface area (Å²) in [6.45, 7) is 4.21. The maximum absolute atomic E-state index is 12.9. The van der Waals surface area contributed by atoms with E-state index in [0.717, 1.165) is 0 Å². The summed E-state index contributed by atoms with van der Waals surface area (Å²) in [5.41, 5.74) is 1.69. The lowest BCUT2D eigenvalue weighted by atomic mass is 9.97. The molecule has 0 radical (unpaired) electrons. The minimum Gasteiger partial charge on any atom is -0.497 e. The third-order valence-electron chi connectivity index (χ3n) is 5.37. The van der Waals surface area contributed by atoms with Gasteiger partial charge in [-0.25, -0.2) is 0 Å². The summed E-state index contributed by atoms with van der Waals surface area (Å²) in [4.78, 5) is 29.2. The molecule has 2 aromatic carbocycles. The molecule has 1 unspecified atom stereocenters. The van der Waals surface area contributed by atoms with Gasteiger partial charge in [0, 0.05) is 44.2 Å². The van der Waals surface area contributed by atoms with Crippen molar-refractivity contribution in [2.75, 3.05) is 40.4 Å². The Bertz CT molecular complexity index is 823. The molecule has 1 aliphatic rings. The average molecular weight is 396 g/mol. The van der Waals surface area contributed by atoms with E-state index in [1.807, 2.05) is 23.1 Å². The van der Waals surface area contributed by atoms with Crippen LogP contribution in [0.4, 0.5) is 0 Å². The van der Waals surface area contributed by atoms with Crippen molar-refractivity contribution in [2.45, 2.75) is 19.3 Å². The highest BCUT2D eigenvalue weighted by Crippen LogP contribution is 2.24. The van der Waals surface area contributed by atoms with E-state index in [4.69, 9.17) is 9.47 Å². The number of hydrogen-bond acceptors (Lipinski definition) is 4. The Morgan fingerprint density at radius 3 is 2.00 bits per heavy atom. The number of methoxy groups -OCH3 is 2. The molecular weight excluding hydrogens is 368 g/mol. The zero-order chi connectivity index (χ0) is 20.8. The van der Waals surface area contributed by atoms with E-state index in [9.17, 15) is 9.59 Å². The van der Waals surface area contributed by atoms with Gasteiger partial charge in [0.25, 0.3) is 5.91 Å². The Labute approximate surface area is 172 Å². The molecule has 6 heteroatoms. The van der Waals surface area contributed by atoms with Crippen molar-refractivity contribution < 1.29 is 19.1 Å². The van der Waals surface area contributed by atoms with Crippen molar-refractivity contribution in [3.05, 3.63) is 59.7 Å². The molecule has 0 N–H and O–H groups in total. The first-order chi connectivity index (χ1) is 14.0. The summed E-state index contributed by atoms with van der Waals surface area (Å²) < 4.78 is 10.5. The van der Waals surface area contributed by atoms with Crippen LogP contribution in [0.15, 0.2) is 48.5 Å². The van der Waals surface area contributed by atoms with Crippen molar-refractivity contribution in [3.8, 4) is 11.5 Å². The first-order valence-corrected chi connectivity index (χ1v) is 9.87. The van der Waals surface area contributed by atoms with Crippen molar-refractivity contribution in [3.63, 3.8) is 0 Å². The van der Waals surface area contributed by atoms with Crippen LogP contribution in [0.5, 0.6) is 11.5 Å². The fraction of sp³-hybridized carbons (Fsp3) is 0.391. The maximum atomic E-state index is 12.9. The van der Waals surface area contributed by atoms with Gasteiger partial charge in [-0.2, -0.15) is 0 Å². The van der Waals surface area contributed by atoms with Gasteiger partial charge in [-0.05, 0) is 23.6 Å². The lowest BCUT2D eigenvalue weighted by molar-refractivity contribution is -0.133. The Morgan fingerprint density at radius 1 is 0.897 bits per heavy atom.